The van der Waals surface area contributed by atoms with Crippen molar-refractivity contribution in [3.63, 3.8) is 0 Å². The monoisotopic (exact) mass is 335 g/mol. The number of benzene rings is 2. The molecule has 0 aromatic heterocycles. The second kappa shape index (κ2) is 5.92. The summed E-state index contributed by atoms with van der Waals surface area (Å²) in [5.74, 6) is 0.0360. The van der Waals surface area contributed by atoms with Gasteiger partial charge in [0.05, 0.1) is 0 Å². The molecule has 5 nitrogen and oxygen atoms in total. The van der Waals surface area contributed by atoms with Crippen molar-refractivity contribution >= 4 is 28.9 Å². The van der Waals surface area contributed by atoms with Gasteiger partial charge in [-0.1, -0.05) is 6.07 Å². The van der Waals surface area contributed by atoms with Crippen LogP contribution in [0.3, 0.4) is 0 Å². The molecule has 5 heteroatoms. The van der Waals surface area contributed by atoms with E-state index in [2.05, 4.69) is 0 Å². The Morgan fingerprint density at radius 2 is 1.84 bits per heavy atom. The Morgan fingerprint density at radius 3 is 2.64 bits per heavy atom. The van der Waals surface area contributed by atoms with Gasteiger partial charge in [-0.05, 0) is 60.7 Å². The molecule has 128 valence electrons. The second-order valence-corrected chi connectivity index (χ2v) is 6.67. The molecule has 0 aliphatic carbocycles. The topological polar surface area (TPSA) is 66.6 Å². The minimum atomic E-state index is -0.00405. The van der Waals surface area contributed by atoms with Crippen molar-refractivity contribution in [3.05, 3.63) is 53.1 Å². The third kappa shape index (κ3) is 2.56. The summed E-state index contributed by atoms with van der Waals surface area (Å²) in [5, 5.41) is 0. The normalized spacial score (nSPS) is 15.7. The van der Waals surface area contributed by atoms with Gasteiger partial charge in [0.25, 0.3) is 5.91 Å². The van der Waals surface area contributed by atoms with Gasteiger partial charge in [0, 0.05) is 42.6 Å². The van der Waals surface area contributed by atoms with E-state index in [1.165, 1.54) is 0 Å². The number of nitrogens with two attached hydrogens (primary N) is 1. The van der Waals surface area contributed by atoms with Crippen molar-refractivity contribution < 1.29 is 9.59 Å². The second-order valence-electron chi connectivity index (χ2n) is 6.67. The third-order valence-corrected chi connectivity index (χ3v) is 5.13. The average molecular weight is 335 g/mol. The van der Waals surface area contributed by atoms with Gasteiger partial charge in [0.2, 0.25) is 5.91 Å². The van der Waals surface area contributed by atoms with Crippen LogP contribution in [0.2, 0.25) is 0 Å². The molecule has 2 amide bonds. The molecule has 2 N–H and O–H groups in total. The minimum Gasteiger partial charge on any atom is -0.398 e. The zero-order valence-electron chi connectivity index (χ0n) is 14.3. The van der Waals surface area contributed by atoms with Gasteiger partial charge >= 0.3 is 0 Å². The molecule has 0 saturated carbocycles. The number of nitrogens with zero attached hydrogens (tertiary/aromatic N) is 2. The molecule has 0 bridgehead atoms. The maximum absolute atomic E-state index is 13.1. The Hall–Kier alpha value is -2.82. The predicted octanol–water partition coefficient (Wildman–Crippen LogP) is 2.77. The average Bonchev–Trinajstić information content (AvgIpc) is 3.04. The summed E-state index contributed by atoms with van der Waals surface area (Å²) in [5.41, 5.74) is 11.5. The Morgan fingerprint density at radius 1 is 1.00 bits per heavy atom. The summed E-state index contributed by atoms with van der Waals surface area (Å²) in [6, 6.07) is 11.4. The highest BCUT2D eigenvalue weighted by Crippen LogP contribution is 2.34. The number of carbonyl (C=O) groups is 2. The lowest BCUT2D eigenvalue weighted by atomic mass is 9.98. The highest BCUT2D eigenvalue weighted by molar-refractivity contribution is 6.08. The van der Waals surface area contributed by atoms with E-state index in [1.807, 2.05) is 41.3 Å². The summed E-state index contributed by atoms with van der Waals surface area (Å²) in [6.45, 7) is 2.96. The highest BCUT2D eigenvalue weighted by atomic mass is 16.2. The number of carbonyl (C=O) groups excluding carboxylic acids is 2. The van der Waals surface area contributed by atoms with Gasteiger partial charge in [0.15, 0.2) is 0 Å². The Labute approximate surface area is 147 Å². The number of hydrogen-bond donors (Lipinski definition) is 1. The van der Waals surface area contributed by atoms with E-state index < -0.39 is 0 Å². The van der Waals surface area contributed by atoms with E-state index in [4.69, 9.17) is 5.73 Å². The molecule has 2 aromatic carbocycles. The molecule has 4 rings (SSSR count). The Balaban J connectivity index is 1.68. The Kier molecular flexibility index (Phi) is 3.71. The smallest absolute Gasteiger partial charge is 0.258 e. The number of rotatable bonds is 1. The Bertz CT molecular complexity index is 875. The first-order chi connectivity index (χ1) is 12.1. The lowest BCUT2D eigenvalue weighted by Gasteiger charge is -2.30. The van der Waals surface area contributed by atoms with Gasteiger partial charge in [-0.15, -0.1) is 0 Å². The van der Waals surface area contributed by atoms with E-state index in [1.54, 1.807) is 11.8 Å². The summed E-state index contributed by atoms with van der Waals surface area (Å²) in [6.07, 6.45) is 2.61. The van der Waals surface area contributed by atoms with Crippen LogP contribution in [0.4, 0.5) is 17.1 Å². The first kappa shape index (κ1) is 15.7. The molecular formula is C20H21N3O2. The number of anilines is 3. The minimum absolute atomic E-state index is 0.00405. The van der Waals surface area contributed by atoms with E-state index in [9.17, 15) is 9.59 Å². The first-order valence-electron chi connectivity index (χ1n) is 8.66. The van der Waals surface area contributed by atoms with Crippen LogP contribution < -0.4 is 15.5 Å². The highest BCUT2D eigenvalue weighted by Gasteiger charge is 2.27. The van der Waals surface area contributed by atoms with Gasteiger partial charge < -0.3 is 15.5 Å². The van der Waals surface area contributed by atoms with Crippen LogP contribution in [0.25, 0.3) is 0 Å². The largest absolute Gasteiger partial charge is 0.398 e. The van der Waals surface area contributed by atoms with E-state index in [-0.39, 0.29) is 11.8 Å². The summed E-state index contributed by atoms with van der Waals surface area (Å²) in [7, 11) is 0. The molecule has 0 atom stereocenters. The van der Waals surface area contributed by atoms with Crippen molar-refractivity contribution in [2.24, 2.45) is 0 Å². The molecule has 2 heterocycles. The molecule has 2 aliphatic heterocycles. The fraction of sp³-hybridized carbons (Fsp3) is 0.300. The van der Waals surface area contributed by atoms with E-state index in [0.717, 1.165) is 47.5 Å². The first-order valence-corrected chi connectivity index (χ1v) is 8.66. The van der Waals surface area contributed by atoms with Crippen LogP contribution >= 0.6 is 0 Å². The summed E-state index contributed by atoms with van der Waals surface area (Å²) < 4.78 is 0. The quantitative estimate of drug-likeness (QED) is 0.815. The number of amides is 2. The van der Waals surface area contributed by atoms with E-state index >= 15 is 0 Å². The van der Waals surface area contributed by atoms with Crippen molar-refractivity contribution in [2.75, 3.05) is 28.6 Å². The molecule has 0 radical (unpaired) electrons. The van der Waals surface area contributed by atoms with Gasteiger partial charge in [-0.3, -0.25) is 9.59 Å². The van der Waals surface area contributed by atoms with Gasteiger partial charge in [-0.2, -0.15) is 0 Å². The third-order valence-electron chi connectivity index (χ3n) is 5.13. The maximum Gasteiger partial charge on any atom is 0.258 e. The lowest BCUT2D eigenvalue weighted by Crippen LogP contribution is -2.35. The van der Waals surface area contributed by atoms with Crippen LogP contribution in [0.1, 0.15) is 34.8 Å². The lowest BCUT2D eigenvalue weighted by molar-refractivity contribution is -0.116. The molecule has 2 aliphatic rings. The van der Waals surface area contributed by atoms with Gasteiger partial charge in [0.1, 0.15) is 0 Å². The molecule has 2 aromatic rings. The molecule has 25 heavy (non-hydrogen) atoms. The van der Waals surface area contributed by atoms with Crippen molar-refractivity contribution in [1.29, 1.82) is 0 Å². The standard InChI is InChI=1S/C20H21N3O2/c1-13(24)22-11-9-14-12-15(7-8-18(14)22)20(25)23-10-3-4-16-17(21)5-2-6-19(16)23/h2,5-8,12H,3-4,9-11,21H2,1H3. The van der Waals surface area contributed by atoms with Crippen LogP contribution in [-0.2, 0) is 17.6 Å². The summed E-state index contributed by atoms with van der Waals surface area (Å²) in [4.78, 5) is 28.4. The fourth-order valence-electron chi connectivity index (χ4n) is 3.88. The summed E-state index contributed by atoms with van der Waals surface area (Å²) >= 11 is 0. The van der Waals surface area contributed by atoms with Crippen molar-refractivity contribution in [1.82, 2.24) is 0 Å². The molecular weight excluding hydrogens is 314 g/mol. The fourth-order valence-corrected chi connectivity index (χ4v) is 3.88. The van der Waals surface area contributed by atoms with Crippen molar-refractivity contribution in [3.8, 4) is 0 Å². The van der Waals surface area contributed by atoms with Crippen LogP contribution in [-0.4, -0.2) is 24.9 Å². The maximum atomic E-state index is 13.1. The number of nitrogen functional groups attached to an aromatic ring is 1. The number of hydrogen-bond acceptors (Lipinski definition) is 3. The molecule has 0 fully saturated rings. The van der Waals surface area contributed by atoms with Gasteiger partial charge in [-0.25, -0.2) is 0 Å². The SMILES string of the molecule is CC(=O)N1CCc2cc(C(=O)N3CCCc4c(N)cccc43)ccc21. The van der Waals surface area contributed by atoms with Crippen LogP contribution in [0, 0.1) is 0 Å². The molecule has 0 unspecified atom stereocenters. The molecule has 0 spiro atoms. The predicted molar refractivity (Wildman–Crippen MR) is 99.0 cm³/mol. The van der Waals surface area contributed by atoms with E-state index in [0.29, 0.717) is 18.7 Å². The number of fused-ring (bicyclic) bond motifs is 2. The van der Waals surface area contributed by atoms with Crippen LogP contribution in [0.15, 0.2) is 36.4 Å². The van der Waals surface area contributed by atoms with Crippen LogP contribution in [0.5, 0.6) is 0 Å². The zero-order valence-corrected chi connectivity index (χ0v) is 14.3. The molecule has 0 saturated heterocycles. The zero-order chi connectivity index (χ0) is 17.6. The van der Waals surface area contributed by atoms with Crippen molar-refractivity contribution in [2.45, 2.75) is 26.2 Å².